The van der Waals surface area contributed by atoms with Crippen LogP contribution in [0.1, 0.15) is 17.0 Å². The number of aryl methyl sites for hydroxylation is 2. The number of halogens is 1. The Hall–Kier alpha value is -1.78. The Kier molecular flexibility index (Phi) is 4.50. The summed E-state index contributed by atoms with van der Waals surface area (Å²) in [6.45, 7) is 4.05. The number of nitrogens with zero attached hydrogens (tertiary/aromatic N) is 3. The molecule has 0 N–H and O–H groups in total. The van der Waals surface area contributed by atoms with Gasteiger partial charge in [-0.3, -0.25) is 4.57 Å². The molecule has 0 amide bonds. The molecule has 0 saturated heterocycles. The number of rotatable bonds is 4. The second-order valence-electron chi connectivity index (χ2n) is 5.08. The van der Waals surface area contributed by atoms with Crippen LogP contribution in [0.5, 0.6) is 0 Å². The van der Waals surface area contributed by atoms with Crippen LogP contribution in [0.4, 0.5) is 0 Å². The average Bonchev–Trinajstić information content (AvgIpc) is 2.87. The van der Waals surface area contributed by atoms with Crippen molar-refractivity contribution in [2.24, 2.45) is 0 Å². The highest BCUT2D eigenvalue weighted by Crippen LogP contribution is 2.28. The largest absolute Gasteiger partial charge is 0.274 e. The summed E-state index contributed by atoms with van der Waals surface area (Å²) < 4.78 is 2.08. The fourth-order valence-electron chi connectivity index (χ4n) is 2.26. The summed E-state index contributed by atoms with van der Waals surface area (Å²) in [6, 6.07) is 16.2. The van der Waals surface area contributed by atoms with Crippen molar-refractivity contribution >= 4 is 23.4 Å². The van der Waals surface area contributed by atoms with Crippen LogP contribution in [0.25, 0.3) is 5.69 Å². The molecule has 112 valence electrons. The molecule has 0 aliphatic rings. The van der Waals surface area contributed by atoms with Gasteiger partial charge in [-0.05, 0) is 43.2 Å². The van der Waals surface area contributed by atoms with E-state index in [1.165, 1.54) is 5.56 Å². The van der Waals surface area contributed by atoms with E-state index in [4.69, 9.17) is 11.6 Å². The molecule has 2 aromatic carbocycles. The third-order valence-corrected chi connectivity index (χ3v) is 4.72. The summed E-state index contributed by atoms with van der Waals surface area (Å²) in [4.78, 5) is 0. The third-order valence-electron chi connectivity index (χ3n) is 3.37. The maximum Gasteiger partial charge on any atom is 0.196 e. The molecule has 0 spiro atoms. The van der Waals surface area contributed by atoms with Gasteiger partial charge in [-0.1, -0.05) is 53.7 Å². The molecule has 1 aromatic heterocycles. The number of thioether (sulfide) groups is 1. The van der Waals surface area contributed by atoms with Crippen LogP contribution in [0, 0.1) is 13.8 Å². The first-order valence-corrected chi connectivity index (χ1v) is 8.37. The molecule has 0 saturated carbocycles. The fraction of sp³-hybridized carbons (Fsp3) is 0.176. The highest BCUT2D eigenvalue weighted by atomic mass is 35.5. The lowest BCUT2D eigenvalue weighted by Crippen LogP contribution is -1.99. The van der Waals surface area contributed by atoms with Gasteiger partial charge in [-0.2, -0.15) is 0 Å². The van der Waals surface area contributed by atoms with Crippen molar-refractivity contribution in [3.8, 4) is 5.69 Å². The Morgan fingerprint density at radius 1 is 1.05 bits per heavy atom. The third kappa shape index (κ3) is 3.18. The van der Waals surface area contributed by atoms with E-state index in [2.05, 4.69) is 39.9 Å². The van der Waals surface area contributed by atoms with Gasteiger partial charge in [0.05, 0.1) is 0 Å². The molecule has 0 aliphatic carbocycles. The Labute approximate surface area is 139 Å². The first-order chi connectivity index (χ1) is 10.6. The predicted molar refractivity (Wildman–Crippen MR) is 91.8 cm³/mol. The monoisotopic (exact) mass is 329 g/mol. The second kappa shape index (κ2) is 6.55. The Bertz CT molecular complexity index is 798. The molecule has 3 aromatic rings. The van der Waals surface area contributed by atoms with E-state index in [1.54, 1.807) is 11.8 Å². The van der Waals surface area contributed by atoms with Crippen LogP contribution in [-0.2, 0) is 5.75 Å². The maximum absolute atomic E-state index is 6.22. The number of hydrogen-bond donors (Lipinski definition) is 0. The molecular formula is C17H16ClN3S. The Morgan fingerprint density at radius 3 is 2.64 bits per heavy atom. The van der Waals surface area contributed by atoms with Crippen molar-refractivity contribution in [2.45, 2.75) is 24.8 Å². The van der Waals surface area contributed by atoms with Crippen LogP contribution >= 0.6 is 23.4 Å². The predicted octanol–water partition coefficient (Wildman–Crippen LogP) is 4.83. The minimum atomic E-state index is 0.767. The molecule has 0 atom stereocenters. The number of hydrogen-bond acceptors (Lipinski definition) is 3. The van der Waals surface area contributed by atoms with E-state index in [0.717, 1.165) is 33.0 Å². The van der Waals surface area contributed by atoms with Gasteiger partial charge in [0, 0.05) is 16.5 Å². The van der Waals surface area contributed by atoms with Crippen molar-refractivity contribution in [3.05, 3.63) is 70.5 Å². The van der Waals surface area contributed by atoms with Crippen LogP contribution in [0.2, 0.25) is 5.02 Å². The van der Waals surface area contributed by atoms with Crippen LogP contribution in [0.15, 0.2) is 53.7 Å². The summed E-state index contributed by atoms with van der Waals surface area (Å²) in [7, 11) is 0. The second-order valence-corrected chi connectivity index (χ2v) is 6.43. The molecule has 0 aliphatic heterocycles. The van der Waals surface area contributed by atoms with Gasteiger partial charge in [-0.25, -0.2) is 0 Å². The van der Waals surface area contributed by atoms with Crippen LogP contribution in [0.3, 0.4) is 0 Å². The highest BCUT2D eigenvalue weighted by molar-refractivity contribution is 7.98. The van der Waals surface area contributed by atoms with E-state index >= 15 is 0 Å². The fourth-order valence-corrected chi connectivity index (χ4v) is 3.54. The summed E-state index contributed by atoms with van der Waals surface area (Å²) >= 11 is 7.86. The topological polar surface area (TPSA) is 30.7 Å². The lowest BCUT2D eigenvalue weighted by Gasteiger charge is -2.09. The molecule has 5 heteroatoms. The van der Waals surface area contributed by atoms with Crippen molar-refractivity contribution in [1.82, 2.24) is 14.8 Å². The molecule has 1 heterocycles. The van der Waals surface area contributed by atoms with Crippen LogP contribution in [-0.4, -0.2) is 14.8 Å². The average molecular weight is 330 g/mol. The highest BCUT2D eigenvalue weighted by Gasteiger charge is 2.12. The molecular weight excluding hydrogens is 314 g/mol. The van der Waals surface area contributed by atoms with Gasteiger partial charge in [0.2, 0.25) is 0 Å². The first-order valence-electron chi connectivity index (χ1n) is 7.00. The zero-order valence-corrected chi connectivity index (χ0v) is 14.0. The van der Waals surface area contributed by atoms with E-state index in [1.807, 2.05) is 37.3 Å². The van der Waals surface area contributed by atoms with Gasteiger partial charge in [0.25, 0.3) is 0 Å². The summed E-state index contributed by atoms with van der Waals surface area (Å²) in [5, 5.41) is 10.2. The van der Waals surface area contributed by atoms with Crippen molar-refractivity contribution in [2.75, 3.05) is 0 Å². The van der Waals surface area contributed by atoms with Gasteiger partial charge in [-0.15, -0.1) is 10.2 Å². The molecule has 22 heavy (non-hydrogen) atoms. The quantitative estimate of drug-likeness (QED) is 0.642. The summed E-state index contributed by atoms with van der Waals surface area (Å²) in [5.74, 6) is 1.65. The molecule has 3 nitrogen and oxygen atoms in total. The minimum Gasteiger partial charge on any atom is -0.274 e. The van der Waals surface area contributed by atoms with Gasteiger partial charge in [0.15, 0.2) is 5.16 Å². The SMILES string of the molecule is Cc1cccc(-n2c(C)nnc2SCc2ccccc2Cl)c1. The van der Waals surface area contributed by atoms with E-state index in [-0.39, 0.29) is 0 Å². The van der Waals surface area contributed by atoms with Crippen molar-refractivity contribution < 1.29 is 0 Å². The molecule has 0 radical (unpaired) electrons. The van der Waals surface area contributed by atoms with Gasteiger partial charge in [0.1, 0.15) is 5.82 Å². The zero-order valence-electron chi connectivity index (χ0n) is 12.5. The summed E-state index contributed by atoms with van der Waals surface area (Å²) in [5.41, 5.74) is 3.41. The first kappa shape index (κ1) is 15.1. The summed E-state index contributed by atoms with van der Waals surface area (Å²) in [6.07, 6.45) is 0. The van der Waals surface area contributed by atoms with Crippen LogP contribution < -0.4 is 0 Å². The molecule has 0 bridgehead atoms. The molecule has 3 rings (SSSR count). The van der Waals surface area contributed by atoms with Gasteiger partial charge >= 0.3 is 0 Å². The molecule has 0 fully saturated rings. The normalized spacial score (nSPS) is 10.9. The Morgan fingerprint density at radius 2 is 1.86 bits per heavy atom. The van der Waals surface area contributed by atoms with E-state index in [9.17, 15) is 0 Å². The van der Waals surface area contributed by atoms with E-state index < -0.39 is 0 Å². The minimum absolute atomic E-state index is 0.767. The number of aromatic nitrogens is 3. The number of benzene rings is 2. The Balaban J connectivity index is 1.88. The maximum atomic E-state index is 6.22. The lowest BCUT2D eigenvalue weighted by molar-refractivity contribution is 0.867. The van der Waals surface area contributed by atoms with E-state index in [0.29, 0.717) is 0 Å². The standard InChI is InChI=1S/C17H16ClN3S/c1-12-6-5-8-15(10-12)21-13(2)19-20-17(21)22-11-14-7-3-4-9-16(14)18/h3-10H,11H2,1-2H3. The van der Waals surface area contributed by atoms with Crippen molar-refractivity contribution in [1.29, 1.82) is 0 Å². The van der Waals surface area contributed by atoms with Crippen molar-refractivity contribution in [3.63, 3.8) is 0 Å². The van der Waals surface area contributed by atoms with Gasteiger partial charge < -0.3 is 0 Å². The zero-order chi connectivity index (χ0) is 15.5. The smallest absolute Gasteiger partial charge is 0.196 e. The molecule has 0 unspecified atom stereocenters. The lowest BCUT2D eigenvalue weighted by atomic mass is 10.2.